The molecule has 2 aliphatic rings. The summed E-state index contributed by atoms with van der Waals surface area (Å²) < 4.78 is 39.4. The number of hydrogen-bond acceptors (Lipinski definition) is 3. The molecule has 1 N–H and O–H groups in total. The number of carbonyl (C=O) groups excluding carboxylic acids is 3. The molecule has 2 aromatic rings. The van der Waals surface area contributed by atoms with Gasteiger partial charge in [0.05, 0.1) is 28.8 Å². The fourth-order valence-corrected chi connectivity index (χ4v) is 4.09. The van der Waals surface area contributed by atoms with Gasteiger partial charge in [0.25, 0.3) is 5.91 Å². The SMILES string of the molecule is CC1=CC[C@H]2C(=O)N(c3ccc(C(=O)Nc4ccccc4C(F)(F)F)cc3)C(=O)[C@H]2C1. The molecule has 160 valence electrons. The minimum atomic E-state index is -4.60. The molecule has 2 atom stereocenters. The topological polar surface area (TPSA) is 66.5 Å². The van der Waals surface area contributed by atoms with Crippen LogP contribution in [0.2, 0.25) is 0 Å². The summed E-state index contributed by atoms with van der Waals surface area (Å²) in [7, 11) is 0. The van der Waals surface area contributed by atoms with Crippen molar-refractivity contribution in [3.8, 4) is 0 Å². The summed E-state index contributed by atoms with van der Waals surface area (Å²) in [6.07, 6.45) is -1.56. The van der Waals surface area contributed by atoms with E-state index in [2.05, 4.69) is 5.32 Å². The number of hydrogen-bond donors (Lipinski definition) is 1. The van der Waals surface area contributed by atoms with E-state index in [1.165, 1.54) is 42.5 Å². The molecule has 0 radical (unpaired) electrons. The third-order valence-corrected chi connectivity index (χ3v) is 5.69. The average molecular weight is 428 g/mol. The summed E-state index contributed by atoms with van der Waals surface area (Å²) in [4.78, 5) is 39.1. The molecule has 1 fully saturated rings. The molecule has 1 aliphatic heterocycles. The number of carbonyl (C=O) groups is 3. The van der Waals surface area contributed by atoms with Crippen molar-refractivity contribution < 1.29 is 27.6 Å². The van der Waals surface area contributed by atoms with Crippen molar-refractivity contribution in [2.75, 3.05) is 10.2 Å². The van der Waals surface area contributed by atoms with Crippen molar-refractivity contribution in [2.24, 2.45) is 11.8 Å². The Bertz CT molecular complexity index is 1090. The molecule has 0 unspecified atom stereocenters. The van der Waals surface area contributed by atoms with Crippen LogP contribution in [0.1, 0.15) is 35.7 Å². The number of allylic oxidation sites excluding steroid dienone is 2. The lowest BCUT2D eigenvalue weighted by Crippen LogP contribution is -2.30. The number of halogens is 3. The number of imide groups is 1. The van der Waals surface area contributed by atoms with Crippen LogP contribution in [0.5, 0.6) is 0 Å². The predicted molar refractivity (Wildman–Crippen MR) is 108 cm³/mol. The van der Waals surface area contributed by atoms with E-state index in [1.807, 2.05) is 13.0 Å². The number of amides is 3. The lowest BCUT2D eigenvalue weighted by atomic mass is 9.82. The first-order valence-electron chi connectivity index (χ1n) is 9.78. The van der Waals surface area contributed by atoms with Gasteiger partial charge in [-0.2, -0.15) is 13.2 Å². The van der Waals surface area contributed by atoms with Gasteiger partial charge in [0.1, 0.15) is 0 Å². The largest absolute Gasteiger partial charge is 0.418 e. The van der Waals surface area contributed by atoms with E-state index in [0.29, 0.717) is 18.5 Å². The molecule has 2 aromatic carbocycles. The summed E-state index contributed by atoms with van der Waals surface area (Å²) in [5, 5.41) is 2.27. The zero-order valence-electron chi connectivity index (χ0n) is 16.6. The van der Waals surface area contributed by atoms with Gasteiger partial charge < -0.3 is 5.32 Å². The molecule has 1 aliphatic carbocycles. The van der Waals surface area contributed by atoms with Crippen molar-refractivity contribution in [1.82, 2.24) is 0 Å². The highest BCUT2D eigenvalue weighted by Gasteiger charge is 2.48. The number of nitrogens with one attached hydrogen (secondary N) is 1. The van der Waals surface area contributed by atoms with Gasteiger partial charge >= 0.3 is 6.18 Å². The van der Waals surface area contributed by atoms with Gasteiger partial charge in [0.2, 0.25) is 11.8 Å². The summed E-state index contributed by atoms with van der Waals surface area (Å²) in [5.41, 5.74) is 0.236. The van der Waals surface area contributed by atoms with Crippen molar-refractivity contribution in [3.05, 3.63) is 71.3 Å². The van der Waals surface area contributed by atoms with Gasteiger partial charge in [0.15, 0.2) is 0 Å². The molecule has 0 spiro atoms. The summed E-state index contributed by atoms with van der Waals surface area (Å²) >= 11 is 0. The lowest BCUT2D eigenvalue weighted by molar-refractivity contribution is -0.137. The number of anilines is 2. The summed E-state index contributed by atoms with van der Waals surface area (Å²) in [6, 6.07) is 10.4. The average Bonchev–Trinajstić information content (AvgIpc) is 2.97. The second-order valence-electron chi connectivity index (χ2n) is 7.76. The van der Waals surface area contributed by atoms with Crippen molar-refractivity contribution in [3.63, 3.8) is 0 Å². The van der Waals surface area contributed by atoms with Gasteiger partial charge in [-0.3, -0.25) is 19.3 Å². The van der Waals surface area contributed by atoms with Crippen LogP contribution in [-0.4, -0.2) is 17.7 Å². The monoisotopic (exact) mass is 428 g/mol. The van der Waals surface area contributed by atoms with Crippen LogP contribution in [0.25, 0.3) is 0 Å². The van der Waals surface area contributed by atoms with Gasteiger partial charge in [-0.15, -0.1) is 0 Å². The zero-order valence-corrected chi connectivity index (χ0v) is 16.6. The molecule has 4 rings (SSSR count). The molecule has 0 saturated carbocycles. The predicted octanol–water partition coefficient (Wildman–Crippen LogP) is 4.80. The standard InChI is InChI=1S/C23H19F3N2O3/c1-13-6-11-16-17(12-13)22(31)28(21(16)30)15-9-7-14(8-10-15)20(29)27-19-5-3-2-4-18(19)23(24,25)26/h2-10,16-17H,11-12H2,1H3,(H,27,29)/t16-,17+/m1/s1. The molecule has 5 nitrogen and oxygen atoms in total. The van der Waals surface area contributed by atoms with Crippen molar-refractivity contribution in [2.45, 2.75) is 25.9 Å². The molecule has 0 bridgehead atoms. The maximum absolute atomic E-state index is 13.1. The molecular formula is C23H19F3N2O3. The third-order valence-electron chi connectivity index (χ3n) is 5.69. The van der Waals surface area contributed by atoms with Crippen LogP contribution < -0.4 is 10.2 Å². The van der Waals surface area contributed by atoms with Crippen molar-refractivity contribution >= 4 is 29.1 Å². The molecule has 1 saturated heterocycles. The Labute approximate surface area is 176 Å². The Morgan fingerprint density at radius 2 is 1.65 bits per heavy atom. The maximum Gasteiger partial charge on any atom is 0.418 e. The van der Waals surface area contributed by atoms with Gasteiger partial charge in [-0.1, -0.05) is 23.8 Å². The van der Waals surface area contributed by atoms with Crippen LogP contribution in [0.4, 0.5) is 24.5 Å². The fourth-order valence-electron chi connectivity index (χ4n) is 4.09. The Kier molecular flexibility index (Phi) is 5.16. The first-order chi connectivity index (χ1) is 14.7. The molecule has 8 heteroatoms. The highest BCUT2D eigenvalue weighted by molar-refractivity contribution is 6.22. The van der Waals surface area contributed by atoms with Crippen LogP contribution in [0, 0.1) is 11.8 Å². The maximum atomic E-state index is 13.1. The number of fused-ring (bicyclic) bond motifs is 1. The van der Waals surface area contributed by atoms with Crippen LogP contribution >= 0.6 is 0 Å². The van der Waals surface area contributed by atoms with Crippen LogP contribution in [-0.2, 0) is 15.8 Å². The van der Waals surface area contributed by atoms with E-state index in [1.54, 1.807) is 0 Å². The number of rotatable bonds is 3. The second-order valence-corrected chi connectivity index (χ2v) is 7.76. The molecule has 0 aromatic heterocycles. The van der Waals surface area contributed by atoms with E-state index in [9.17, 15) is 27.6 Å². The smallest absolute Gasteiger partial charge is 0.321 e. The normalized spacial score (nSPS) is 21.0. The number of alkyl halides is 3. The van der Waals surface area contributed by atoms with Gasteiger partial charge in [-0.05, 0) is 56.2 Å². The minimum Gasteiger partial charge on any atom is -0.321 e. The highest BCUT2D eigenvalue weighted by atomic mass is 19.4. The van der Waals surface area contributed by atoms with Crippen LogP contribution in [0.3, 0.4) is 0 Å². The Morgan fingerprint density at radius 1 is 1.00 bits per heavy atom. The first-order valence-corrected chi connectivity index (χ1v) is 9.78. The number of para-hydroxylation sites is 1. The van der Waals surface area contributed by atoms with Crippen LogP contribution in [0.15, 0.2) is 60.2 Å². The van der Waals surface area contributed by atoms with Gasteiger partial charge in [-0.25, -0.2) is 0 Å². The second kappa shape index (κ2) is 7.68. The van der Waals surface area contributed by atoms with Gasteiger partial charge in [0, 0.05) is 5.56 Å². The zero-order chi connectivity index (χ0) is 22.3. The fraction of sp³-hybridized carbons (Fsp3) is 0.261. The van der Waals surface area contributed by atoms with E-state index in [4.69, 9.17) is 0 Å². The quantitative estimate of drug-likeness (QED) is 0.564. The Morgan fingerprint density at radius 3 is 2.32 bits per heavy atom. The molecule has 3 amide bonds. The van der Waals surface area contributed by atoms with E-state index >= 15 is 0 Å². The minimum absolute atomic E-state index is 0.106. The van der Waals surface area contributed by atoms with E-state index in [0.717, 1.165) is 16.5 Å². The molecular weight excluding hydrogens is 409 g/mol. The first kappa shape index (κ1) is 20.8. The number of benzene rings is 2. The highest BCUT2D eigenvalue weighted by Crippen LogP contribution is 2.40. The van der Waals surface area contributed by atoms with Crippen molar-refractivity contribution in [1.29, 1.82) is 0 Å². The molecule has 31 heavy (non-hydrogen) atoms. The Balaban J connectivity index is 1.53. The summed E-state index contributed by atoms with van der Waals surface area (Å²) in [6.45, 7) is 1.93. The van der Waals surface area contributed by atoms with E-state index in [-0.39, 0.29) is 34.9 Å². The Hall–Kier alpha value is -3.42. The lowest BCUT2D eigenvalue weighted by Gasteiger charge is -2.18. The summed E-state index contributed by atoms with van der Waals surface area (Å²) in [5.74, 6) is -2.01. The van der Waals surface area contributed by atoms with E-state index < -0.39 is 17.6 Å². The molecule has 1 heterocycles. The third kappa shape index (κ3) is 3.85. The number of nitrogens with zero attached hydrogens (tertiary/aromatic N) is 1.